The fourth-order valence-electron chi connectivity index (χ4n) is 2.38. The van der Waals surface area contributed by atoms with Gasteiger partial charge in [0, 0.05) is 43.6 Å². The third kappa shape index (κ3) is 4.53. The second-order valence-electron chi connectivity index (χ2n) is 5.55. The van der Waals surface area contributed by atoms with Gasteiger partial charge in [-0.05, 0) is 38.8 Å². The highest BCUT2D eigenvalue weighted by Gasteiger charge is 2.34. The summed E-state index contributed by atoms with van der Waals surface area (Å²) in [7, 11) is 5.47. The molecule has 116 valence electrons. The average molecular weight is 300 g/mol. The smallest absolute Gasteiger partial charge is 0.158 e. The van der Waals surface area contributed by atoms with Crippen molar-refractivity contribution in [1.29, 1.82) is 0 Å². The molecule has 0 saturated carbocycles. The van der Waals surface area contributed by atoms with Gasteiger partial charge >= 0.3 is 0 Å². The standard InChI is InChI=1S/C15H28N2O2S/c1-12(9-13-7-6-8-20-13)17(3)15(2,11-16)10-14(18-4)19-5/h6-8,12,14H,9-11,16H2,1-5H3. The fourth-order valence-corrected chi connectivity index (χ4v) is 3.21. The molecule has 0 bridgehead atoms. The summed E-state index contributed by atoms with van der Waals surface area (Å²) in [4.78, 5) is 3.75. The van der Waals surface area contributed by atoms with Crippen molar-refractivity contribution in [3.63, 3.8) is 0 Å². The van der Waals surface area contributed by atoms with Gasteiger partial charge in [0.2, 0.25) is 0 Å². The number of thiophene rings is 1. The van der Waals surface area contributed by atoms with Crippen molar-refractivity contribution in [2.24, 2.45) is 5.73 Å². The number of nitrogens with two attached hydrogens (primary N) is 1. The first-order valence-corrected chi connectivity index (χ1v) is 7.85. The molecule has 0 aliphatic carbocycles. The third-order valence-electron chi connectivity index (χ3n) is 4.16. The molecule has 20 heavy (non-hydrogen) atoms. The monoisotopic (exact) mass is 300 g/mol. The summed E-state index contributed by atoms with van der Waals surface area (Å²) in [6.45, 7) is 4.98. The molecule has 0 aliphatic heterocycles. The molecule has 0 aromatic carbocycles. The number of hydrogen-bond acceptors (Lipinski definition) is 5. The lowest BCUT2D eigenvalue weighted by Crippen LogP contribution is -2.55. The Morgan fingerprint density at radius 1 is 1.40 bits per heavy atom. The first kappa shape index (κ1) is 17.6. The zero-order valence-electron chi connectivity index (χ0n) is 13.3. The number of methoxy groups -OCH3 is 2. The number of hydrogen-bond donors (Lipinski definition) is 1. The van der Waals surface area contributed by atoms with Crippen LogP contribution >= 0.6 is 11.3 Å². The lowest BCUT2D eigenvalue weighted by atomic mass is 9.93. The van der Waals surface area contributed by atoms with E-state index >= 15 is 0 Å². The minimum absolute atomic E-state index is 0.145. The lowest BCUT2D eigenvalue weighted by Gasteiger charge is -2.43. The van der Waals surface area contributed by atoms with Crippen LogP contribution in [-0.4, -0.2) is 50.6 Å². The Morgan fingerprint density at radius 3 is 2.50 bits per heavy atom. The summed E-state index contributed by atoms with van der Waals surface area (Å²) >= 11 is 1.80. The molecule has 0 saturated heterocycles. The summed E-state index contributed by atoms with van der Waals surface area (Å²) in [5.41, 5.74) is 5.88. The van der Waals surface area contributed by atoms with Crippen LogP contribution in [0.3, 0.4) is 0 Å². The van der Waals surface area contributed by atoms with Crippen LogP contribution in [0.25, 0.3) is 0 Å². The molecule has 4 nitrogen and oxygen atoms in total. The first-order chi connectivity index (χ1) is 9.46. The van der Waals surface area contributed by atoms with E-state index in [0.717, 1.165) is 12.8 Å². The second-order valence-corrected chi connectivity index (χ2v) is 6.58. The van der Waals surface area contributed by atoms with Crippen molar-refractivity contribution in [2.45, 2.75) is 44.6 Å². The Hall–Kier alpha value is -0.460. The SMILES string of the molecule is COC(CC(C)(CN)N(C)C(C)Cc1cccs1)OC. The van der Waals surface area contributed by atoms with E-state index in [1.54, 1.807) is 25.6 Å². The molecule has 1 aromatic rings. The highest BCUT2D eigenvalue weighted by molar-refractivity contribution is 7.09. The predicted octanol–water partition coefficient (Wildman–Crippen LogP) is 2.34. The summed E-state index contributed by atoms with van der Waals surface area (Å²) in [5.74, 6) is 0. The molecule has 2 N–H and O–H groups in total. The molecule has 1 aromatic heterocycles. The van der Waals surface area contributed by atoms with E-state index < -0.39 is 0 Å². The maximum absolute atomic E-state index is 6.03. The van der Waals surface area contributed by atoms with Crippen LogP contribution in [0.15, 0.2) is 17.5 Å². The molecule has 2 atom stereocenters. The Kier molecular flexibility index (Phi) is 7.12. The van der Waals surface area contributed by atoms with Gasteiger partial charge in [-0.3, -0.25) is 4.90 Å². The molecule has 0 amide bonds. The molecule has 1 heterocycles. The molecular formula is C15H28N2O2S. The summed E-state index contributed by atoms with van der Waals surface area (Å²) in [5, 5.41) is 2.12. The normalized spacial score (nSPS) is 16.6. The summed E-state index contributed by atoms with van der Waals surface area (Å²) in [6, 6.07) is 4.69. The van der Waals surface area contributed by atoms with Crippen molar-refractivity contribution in [2.75, 3.05) is 27.8 Å². The Labute approximate surface area is 126 Å². The molecular weight excluding hydrogens is 272 g/mol. The summed E-state index contributed by atoms with van der Waals surface area (Å²) in [6.07, 6.45) is 1.57. The Balaban J connectivity index is 2.70. The van der Waals surface area contributed by atoms with E-state index in [0.29, 0.717) is 12.6 Å². The van der Waals surface area contributed by atoms with E-state index in [9.17, 15) is 0 Å². The van der Waals surface area contributed by atoms with Gasteiger partial charge in [0.15, 0.2) is 6.29 Å². The quantitative estimate of drug-likeness (QED) is 0.711. The van der Waals surface area contributed by atoms with Gasteiger partial charge in [-0.2, -0.15) is 0 Å². The predicted molar refractivity (Wildman–Crippen MR) is 85.1 cm³/mol. The van der Waals surface area contributed by atoms with Crippen LogP contribution in [0.2, 0.25) is 0 Å². The lowest BCUT2D eigenvalue weighted by molar-refractivity contribution is -0.129. The van der Waals surface area contributed by atoms with Gasteiger partial charge in [-0.15, -0.1) is 11.3 Å². The third-order valence-corrected chi connectivity index (χ3v) is 5.06. The van der Waals surface area contributed by atoms with E-state index in [1.807, 2.05) is 0 Å². The molecule has 0 radical (unpaired) electrons. The molecule has 2 unspecified atom stereocenters. The van der Waals surface area contributed by atoms with Crippen molar-refractivity contribution >= 4 is 11.3 Å². The first-order valence-electron chi connectivity index (χ1n) is 6.97. The molecule has 0 aliphatic rings. The van der Waals surface area contributed by atoms with E-state index in [4.69, 9.17) is 15.2 Å². The van der Waals surface area contributed by atoms with Gasteiger partial charge in [0.25, 0.3) is 0 Å². The molecule has 0 spiro atoms. The minimum atomic E-state index is -0.222. The Bertz CT molecular complexity index is 368. The Morgan fingerprint density at radius 2 is 2.05 bits per heavy atom. The fraction of sp³-hybridized carbons (Fsp3) is 0.733. The molecule has 0 fully saturated rings. The van der Waals surface area contributed by atoms with E-state index in [1.165, 1.54) is 4.88 Å². The van der Waals surface area contributed by atoms with Crippen molar-refractivity contribution < 1.29 is 9.47 Å². The van der Waals surface area contributed by atoms with Crippen LogP contribution in [-0.2, 0) is 15.9 Å². The minimum Gasteiger partial charge on any atom is -0.356 e. The van der Waals surface area contributed by atoms with Crippen LogP contribution in [0.5, 0.6) is 0 Å². The number of rotatable bonds is 9. The van der Waals surface area contributed by atoms with Crippen LogP contribution < -0.4 is 5.73 Å². The summed E-state index contributed by atoms with van der Waals surface area (Å²) < 4.78 is 10.7. The van der Waals surface area contributed by atoms with Gasteiger partial charge in [-0.25, -0.2) is 0 Å². The van der Waals surface area contributed by atoms with E-state index in [2.05, 4.69) is 43.3 Å². The highest BCUT2D eigenvalue weighted by Crippen LogP contribution is 2.25. The average Bonchev–Trinajstić information content (AvgIpc) is 2.96. The number of ether oxygens (including phenoxy) is 2. The molecule has 1 rings (SSSR count). The van der Waals surface area contributed by atoms with Crippen molar-refractivity contribution in [1.82, 2.24) is 4.90 Å². The topological polar surface area (TPSA) is 47.7 Å². The van der Waals surface area contributed by atoms with Gasteiger partial charge in [0.05, 0.1) is 0 Å². The second kappa shape index (κ2) is 8.10. The number of likely N-dealkylation sites (N-methyl/N-ethyl adjacent to an activating group) is 1. The van der Waals surface area contributed by atoms with Crippen LogP contribution in [0.1, 0.15) is 25.1 Å². The maximum atomic E-state index is 6.03. The van der Waals surface area contributed by atoms with Crippen LogP contribution in [0.4, 0.5) is 0 Å². The van der Waals surface area contributed by atoms with Crippen molar-refractivity contribution in [3.05, 3.63) is 22.4 Å². The highest BCUT2D eigenvalue weighted by atomic mass is 32.1. The largest absolute Gasteiger partial charge is 0.356 e. The number of nitrogens with zero attached hydrogens (tertiary/aromatic N) is 1. The van der Waals surface area contributed by atoms with Crippen molar-refractivity contribution in [3.8, 4) is 0 Å². The molecule has 5 heteroatoms. The maximum Gasteiger partial charge on any atom is 0.158 e. The zero-order chi connectivity index (χ0) is 15.2. The van der Waals surface area contributed by atoms with Crippen LogP contribution in [0, 0.1) is 0 Å². The van der Waals surface area contributed by atoms with E-state index in [-0.39, 0.29) is 11.8 Å². The van der Waals surface area contributed by atoms with Gasteiger partial charge in [-0.1, -0.05) is 6.07 Å². The zero-order valence-corrected chi connectivity index (χ0v) is 14.1. The van der Waals surface area contributed by atoms with Gasteiger partial charge in [0.1, 0.15) is 0 Å². The van der Waals surface area contributed by atoms with Gasteiger partial charge < -0.3 is 15.2 Å².